The van der Waals surface area contributed by atoms with Crippen molar-refractivity contribution in [3.8, 4) is 11.5 Å². The third-order valence-electron chi connectivity index (χ3n) is 4.76. The van der Waals surface area contributed by atoms with Crippen molar-refractivity contribution >= 4 is 46.3 Å². The van der Waals surface area contributed by atoms with Crippen LogP contribution in [0, 0.1) is 0 Å². The van der Waals surface area contributed by atoms with Crippen LogP contribution in [0.4, 0.5) is 0 Å². The van der Waals surface area contributed by atoms with Crippen molar-refractivity contribution in [2.75, 3.05) is 7.11 Å². The largest absolute Gasteiger partial charge is 0.467 e. The van der Waals surface area contributed by atoms with E-state index in [9.17, 15) is 9.59 Å². The number of nitrogens with zero attached hydrogens (tertiary/aromatic N) is 1. The molecule has 0 saturated carbocycles. The van der Waals surface area contributed by atoms with Gasteiger partial charge >= 0.3 is 5.97 Å². The molecule has 32 heavy (non-hydrogen) atoms. The normalized spacial score (nSPS) is 15.7. The van der Waals surface area contributed by atoms with Gasteiger partial charge in [0, 0.05) is 0 Å². The molecule has 0 spiro atoms. The summed E-state index contributed by atoms with van der Waals surface area (Å²) in [4.78, 5) is 27.5. The monoisotopic (exact) mass is 461 g/mol. The zero-order chi connectivity index (χ0) is 22.5. The smallest absolute Gasteiger partial charge is 0.333 e. The minimum atomic E-state index is -0.938. The Morgan fingerprint density at radius 2 is 1.62 bits per heavy atom. The van der Waals surface area contributed by atoms with Crippen molar-refractivity contribution in [3.63, 3.8) is 0 Å². The van der Waals surface area contributed by atoms with Crippen molar-refractivity contribution in [3.05, 3.63) is 101 Å². The van der Waals surface area contributed by atoms with Crippen molar-refractivity contribution in [2.24, 2.45) is 0 Å². The van der Waals surface area contributed by atoms with Gasteiger partial charge in [0.1, 0.15) is 15.8 Å². The number of rotatable bonds is 6. The average Bonchev–Trinajstić information content (AvgIpc) is 3.08. The summed E-state index contributed by atoms with van der Waals surface area (Å²) < 4.78 is 11.1. The first-order valence-corrected chi connectivity index (χ1v) is 11.0. The molecule has 1 atom stereocenters. The summed E-state index contributed by atoms with van der Waals surface area (Å²) in [5, 5.41) is 0. The number of ether oxygens (including phenoxy) is 2. The molecule has 0 aromatic heterocycles. The molecule has 7 heteroatoms. The van der Waals surface area contributed by atoms with Gasteiger partial charge in [0.2, 0.25) is 0 Å². The highest BCUT2D eigenvalue weighted by atomic mass is 32.2. The van der Waals surface area contributed by atoms with Crippen molar-refractivity contribution in [2.45, 2.75) is 6.04 Å². The van der Waals surface area contributed by atoms with E-state index in [2.05, 4.69) is 0 Å². The van der Waals surface area contributed by atoms with E-state index in [1.807, 2.05) is 60.7 Å². The minimum absolute atomic E-state index is 0.303. The van der Waals surface area contributed by atoms with Crippen LogP contribution in [0.1, 0.15) is 17.2 Å². The molecule has 1 amide bonds. The molecule has 1 saturated heterocycles. The van der Waals surface area contributed by atoms with Gasteiger partial charge in [-0.25, -0.2) is 4.79 Å². The number of para-hydroxylation sites is 1. The number of thioether (sulfide) groups is 1. The first-order chi connectivity index (χ1) is 15.6. The van der Waals surface area contributed by atoms with Crippen LogP contribution in [0.2, 0.25) is 0 Å². The molecule has 0 bridgehead atoms. The summed E-state index contributed by atoms with van der Waals surface area (Å²) in [6.45, 7) is 0. The lowest BCUT2D eigenvalue weighted by Crippen LogP contribution is -2.37. The Kier molecular flexibility index (Phi) is 6.68. The molecule has 3 aromatic carbocycles. The average molecular weight is 462 g/mol. The topological polar surface area (TPSA) is 55.8 Å². The zero-order valence-corrected chi connectivity index (χ0v) is 18.8. The van der Waals surface area contributed by atoms with Gasteiger partial charge in [-0.05, 0) is 41.5 Å². The number of benzene rings is 3. The molecule has 160 valence electrons. The summed E-state index contributed by atoms with van der Waals surface area (Å²) >= 11 is 6.62. The van der Waals surface area contributed by atoms with Crippen LogP contribution in [0.15, 0.2) is 89.8 Å². The third-order valence-corrected chi connectivity index (χ3v) is 6.09. The Bertz CT molecular complexity index is 1180. The van der Waals surface area contributed by atoms with Gasteiger partial charge in [-0.3, -0.25) is 9.69 Å². The number of carbonyl (C=O) groups excluding carboxylic acids is 2. The Morgan fingerprint density at radius 1 is 0.969 bits per heavy atom. The SMILES string of the molecule is COC(=O)C(c1ccccc1)N1C(=O)/C(=C\c2cccc(Oc3ccccc3)c2)SC1=S. The second-order valence-electron chi connectivity index (χ2n) is 6.88. The summed E-state index contributed by atoms with van der Waals surface area (Å²) in [7, 11) is 1.30. The predicted octanol–water partition coefficient (Wildman–Crippen LogP) is 5.59. The van der Waals surface area contributed by atoms with E-state index < -0.39 is 12.0 Å². The molecule has 1 aliphatic rings. The number of carbonyl (C=O) groups is 2. The maximum atomic E-state index is 13.2. The lowest BCUT2D eigenvalue weighted by atomic mass is 10.1. The van der Waals surface area contributed by atoms with Crippen LogP contribution < -0.4 is 4.74 Å². The summed E-state index contributed by atoms with van der Waals surface area (Å²) in [5.74, 6) is 0.484. The zero-order valence-electron chi connectivity index (χ0n) is 17.1. The Balaban J connectivity index is 1.61. The third kappa shape index (κ3) is 4.74. The molecule has 1 heterocycles. The van der Waals surface area contributed by atoms with E-state index in [4.69, 9.17) is 21.7 Å². The van der Waals surface area contributed by atoms with Crippen LogP contribution in [0.3, 0.4) is 0 Å². The Morgan fingerprint density at radius 3 is 2.31 bits per heavy atom. The molecular weight excluding hydrogens is 442 g/mol. The van der Waals surface area contributed by atoms with Crippen molar-refractivity contribution in [1.29, 1.82) is 0 Å². The number of hydrogen-bond donors (Lipinski definition) is 0. The number of esters is 1. The summed E-state index contributed by atoms with van der Waals surface area (Å²) in [5.41, 5.74) is 1.42. The van der Waals surface area contributed by atoms with Crippen molar-refractivity contribution < 1.29 is 19.1 Å². The number of methoxy groups -OCH3 is 1. The maximum absolute atomic E-state index is 13.2. The summed E-state index contributed by atoms with van der Waals surface area (Å²) in [6, 6.07) is 24.9. The van der Waals surface area contributed by atoms with E-state index >= 15 is 0 Å². The molecule has 1 fully saturated rings. The minimum Gasteiger partial charge on any atom is -0.467 e. The first-order valence-electron chi connectivity index (χ1n) is 9.79. The number of hydrogen-bond acceptors (Lipinski definition) is 6. The van der Waals surface area contributed by atoms with E-state index in [1.165, 1.54) is 12.0 Å². The van der Waals surface area contributed by atoms with E-state index in [1.54, 1.807) is 30.3 Å². The van der Waals surface area contributed by atoms with Gasteiger partial charge in [0.25, 0.3) is 5.91 Å². The van der Waals surface area contributed by atoms with Gasteiger partial charge in [-0.15, -0.1) is 0 Å². The fraction of sp³-hybridized carbons (Fsp3) is 0.0800. The fourth-order valence-electron chi connectivity index (χ4n) is 3.28. The van der Waals surface area contributed by atoms with Crippen LogP contribution in [0.25, 0.3) is 6.08 Å². The highest BCUT2D eigenvalue weighted by Crippen LogP contribution is 2.39. The fourth-order valence-corrected chi connectivity index (χ4v) is 4.60. The second kappa shape index (κ2) is 9.80. The highest BCUT2D eigenvalue weighted by molar-refractivity contribution is 8.26. The lowest BCUT2D eigenvalue weighted by Gasteiger charge is -2.24. The molecule has 5 nitrogen and oxygen atoms in total. The molecular formula is C25H19NO4S2. The quantitative estimate of drug-likeness (QED) is 0.271. The van der Waals surface area contributed by atoms with Gasteiger partial charge in [0.15, 0.2) is 6.04 Å². The Hall–Kier alpha value is -3.42. The van der Waals surface area contributed by atoms with Crippen LogP contribution >= 0.6 is 24.0 Å². The van der Waals surface area contributed by atoms with Crippen LogP contribution in [0.5, 0.6) is 11.5 Å². The molecule has 4 rings (SSSR count). The molecule has 0 N–H and O–H groups in total. The molecule has 0 radical (unpaired) electrons. The van der Waals surface area contributed by atoms with Gasteiger partial charge < -0.3 is 9.47 Å². The van der Waals surface area contributed by atoms with Crippen LogP contribution in [-0.4, -0.2) is 28.2 Å². The number of thiocarbonyl (C=S) groups is 1. The molecule has 1 unspecified atom stereocenters. The standard InChI is InChI=1S/C25H19NO4S2/c1-29-24(28)22(18-10-4-2-5-11-18)26-23(27)21(32-25(26)31)16-17-9-8-14-20(15-17)30-19-12-6-3-7-13-19/h2-16,22H,1H3/b21-16+. The van der Waals surface area contributed by atoms with E-state index in [-0.39, 0.29) is 5.91 Å². The van der Waals surface area contributed by atoms with Gasteiger partial charge in [-0.1, -0.05) is 84.6 Å². The lowest BCUT2D eigenvalue weighted by molar-refractivity contribution is -0.148. The number of amides is 1. The second-order valence-corrected chi connectivity index (χ2v) is 8.55. The van der Waals surface area contributed by atoms with Crippen molar-refractivity contribution in [1.82, 2.24) is 4.90 Å². The van der Waals surface area contributed by atoms with E-state index in [0.717, 1.165) is 23.1 Å². The predicted molar refractivity (Wildman–Crippen MR) is 129 cm³/mol. The maximum Gasteiger partial charge on any atom is 0.333 e. The first kappa shape index (κ1) is 21.8. The molecule has 3 aromatic rings. The molecule has 0 aliphatic carbocycles. The molecule has 1 aliphatic heterocycles. The van der Waals surface area contributed by atoms with Crippen LogP contribution in [-0.2, 0) is 14.3 Å². The van der Waals surface area contributed by atoms with Gasteiger partial charge in [0.05, 0.1) is 12.0 Å². The van der Waals surface area contributed by atoms with Gasteiger partial charge in [-0.2, -0.15) is 0 Å². The highest BCUT2D eigenvalue weighted by Gasteiger charge is 2.41. The van der Waals surface area contributed by atoms with E-state index in [0.29, 0.717) is 20.5 Å². The summed E-state index contributed by atoms with van der Waals surface area (Å²) in [6.07, 6.45) is 1.75. The Labute approximate surface area is 195 Å².